The number of fused-ring (bicyclic) bond motifs is 5. The second kappa shape index (κ2) is 1.47. The number of aromatic nitrogens is 1. The number of H-pyrrole nitrogens is 1. The first-order chi connectivity index (χ1) is 4.95. The van der Waals surface area contributed by atoms with Gasteiger partial charge in [-0.1, -0.05) is 0 Å². The Labute approximate surface area is 60.5 Å². The van der Waals surface area contributed by atoms with E-state index in [0.717, 1.165) is 11.8 Å². The molecule has 0 amide bonds. The van der Waals surface area contributed by atoms with Crippen molar-refractivity contribution >= 4 is 0 Å². The lowest BCUT2D eigenvalue weighted by molar-refractivity contribution is 0.706. The van der Waals surface area contributed by atoms with Crippen LogP contribution in [0.5, 0.6) is 0 Å². The van der Waals surface area contributed by atoms with Crippen LogP contribution in [0, 0.1) is 0 Å². The van der Waals surface area contributed by atoms with E-state index in [0.29, 0.717) is 0 Å². The molecule has 1 nitrogen and oxygen atoms in total. The van der Waals surface area contributed by atoms with Crippen LogP contribution in [0.2, 0.25) is 0 Å². The fraction of sp³-hybridized carbons (Fsp3) is 0.556. The van der Waals surface area contributed by atoms with Crippen LogP contribution < -0.4 is 0 Å². The van der Waals surface area contributed by atoms with Crippen LogP contribution in [0.4, 0.5) is 0 Å². The van der Waals surface area contributed by atoms with Crippen molar-refractivity contribution in [3.05, 3.63) is 23.5 Å². The maximum atomic E-state index is 3.35. The van der Waals surface area contributed by atoms with Crippen molar-refractivity contribution in [2.45, 2.75) is 31.1 Å². The Bertz CT molecular complexity index is 237. The molecule has 2 aliphatic rings. The molecule has 1 heterocycles. The summed E-state index contributed by atoms with van der Waals surface area (Å²) < 4.78 is 0. The van der Waals surface area contributed by atoms with Crippen molar-refractivity contribution in [3.8, 4) is 0 Å². The van der Waals surface area contributed by atoms with E-state index in [9.17, 15) is 0 Å². The quantitative estimate of drug-likeness (QED) is 0.559. The van der Waals surface area contributed by atoms with Crippen molar-refractivity contribution in [2.24, 2.45) is 0 Å². The Hall–Kier alpha value is -0.720. The predicted molar refractivity (Wildman–Crippen MR) is 40.1 cm³/mol. The van der Waals surface area contributed by atoms with Gasteiger partial charge in [0.25, 0.3) is 0 Å². The molecular formula is C9H11N. The number of aromatic amines is 1. The highest BCUT2D eigenvalue weighted by atomic mass is 14.7. The lowest BCUT2D eigenvalue weighted by atomic mass is 9.98. The molecule has 0 spiro atoms. The molecule has 2 atom stereocenters. The van der Waals surface area contributed by atoms with Crippen LogP contribution in [-0.2, 0) is 0 Å². The fourth-order valence-corrected chi connectivity index (χ4v) is 2.63. The van der Waals surface area contributed by atoms with Gasteiger partial charge in [0.15, 0.2) is 0 Å². The molecular weight excluding hydrogens is 122 g/mol. The minimum Gasteiger partial charge on any atom is -0.365 e. The highest BCUT2D eigenvalue weighted by Gasteiger charge is 2.37. The summed E-state index contributed by atoms with van der Waals surface area (Å²) >= 11 is 0. The summed E-state index contributed by atoms with van der Waals surface area (Å²) in [6, 6.07) is 2.26. The summed E-state index contributed by atoms with van der Waals surface area (Å²) in [4.78, 5) is 3.35. The van der Waals surface area contributed by atoms with Gasteiger partial charge in [0.05, 0.1) is 0 Å². The Morgan fingerprint density at radius 3 is 3.10 bits per heavy atom. The van der Waals surface area contributed by atoms with Crippen LogP contribution in [-0.4, -0.2) is 4.98 Å². The first-order valence-electron chi connectivity index (χ1n) is 4.12. The van der Waals surface area contributed by atoms with Gasteiger partial charge in [-0.05, 0) is 42.7 Å². The minimum atomic E-state index is 0.898. The van der Waals surface area contributed by atoms with E-state index in [2.05, 4.69) is 17.2 Å². The summed E-state index contributed by atoms with van der Waals surface area (Å²) in [5.74, 6) is 1.82. The highest BCUT2D eigenvalue weighted by molar-refractivity contribution is 5.36. The molecule has 0 aromatic carbocycles. The third kappa shape index (κ3) is 0.416. The lowest BCUT2D eigenvalue weighted by Crippen LogP contribution is -1.94. The first kappa shape index (κ1) is 5.00. The Balaban J connectivity index is 2.25. The zero-order valence-electron chi connectivity index (χ0n) is 5.93. The topological polar surface area (TPSA) is 15.8 Å². The van der Waals surface area contributed by atoms with Crippen molar-refractivity contribution in [1.82, 2.24) is 4.98 Å². The normalized spacial score (nSPS) is 34.8. The van der Waals surface area contributed by atoms with E-state index in [1.54, 1.807) is 11.3 Å². The molecule has 2 unspecified atom stereocenters. The summed E-state index contributed by atoms with van der Waals surface area (Å²) in [6.07, 6.45) is 6.39. The Kier molecular flexibility index (Phi) is 0.735. The number of hydrogen-bond acceptors (Lipinski definition) is 0. The van der Waals surface area contributed by atoms with Gasteiger partial charge in [-0.3, -0.25) is 0 Å². The second-order valence-corrected chi connectivity index (χ2v) is 3.55. The molecule has 0 aliphatic heterocycles. The van der Waals surface area contributed by atoms with Crippen molar-refractivity contribution in [3.63, 3.8) is 0 Å². The third-order valence-corrected chi connectivity index (χ3v) is 3.09. The van der Waals surface area contributed by atoms with Gasteiger partial charge in [-0.2, -0.15) is 0 Å². The van der Waals surface area contributed by atoms with Gasteiger partial charge in [0, 0.05) is 11.9 Å². The largest absolute Gasteiger partial charge is 0.365 e. The number of nitrogens with one attached hydrogen (secondary N) is 1. The first-order valence-corrected chi connectivity index (χ1v) is 4.12. The molecule has 1 aromatic heterocycles. The zero-order valence-corrected chi connectivity index (χ0v) is 5.93. The van der Waals surface area contributed by atoms with Crippen LogP contribution in [0.25, 0.3) is 0 Å². The molecule has 3 rings (SSSR count). The average Bonchev–Trinajstić information content (AvgIpc) is 2.60. The van der Waals surface area contributed by atoms with E-state index in [-0.39, 0.29) is 0 Å². The zero-order chi connectivity index (χ0) is 6.55. The van der Waals surface area contributed by atoms with Crippen LogP contribution in [0.15, 0.2) is 12.3 Å². The molecule has 1 fully saturated rings. The standard InChI is InChI=1S/C9H11N/c1-2-7-5-6(1)8-3-4-10-9(7)8/h3-4,6-7,10H,1-2,5H2. The number of hydrogen-bond donors (Lipinski definition) is 1. The monoisotopic (exact) mass is 133 g/mol. The van der Waals surface area contributed by atoms with E-state index >= 15 is 0 Å². The molecule has 1 saturated carbocycles. The number of rotatable bonds is 0. The maximum Gasteiger partial charge on any atom is 0.0214 e. The van der Waals surface area contributed by atoms with Gasteiger partial charge >= 0.3 is 0 Å². The SMILES string of the molecule is c1cc2c([nH]1)C1CCC2C1. The van der Waals surface area contributed by atoms with Crippen LogP contribution in [0.3, 0.4) is 0 Å². The maximum absolute atomic E-state index is 3.35. The van der Waals surface area contributed by atoms with Crippen molar-refractivity contribution in [2.75, 3.05) is 0 Å². The molecule has 0 saturated heterocycles. The molecule has 52 valence electrons. The molecule has 2 aliphatic carbocycles. The Morgan fingerprint density at radius 2 is 2.20 bits per heavy atom. The van der Waals surface area contributed by atoms with Crippen LogP contribution in [0.1, 0.15) is 42.4 Å². The van der Waals surface area contributed by atoms with E-state index < -0.39 is 0 Å². The summed E-state index contributed by atoms with van der Waals surface area (Å²) in [5, 5.41) is 0. The average molecular weight is 133 g/mol. The van der Waals surface area contributed by atoms with Gasteiger partial charge in [-0.25, -0.2) is 0 Å². The van der Waals surface area contributed by atoms with E-state index in [4.69, 9.17) is 0 Å². The lowest BCUT2D eigenvalue weighted by Gasteiger charge is -2.08. The summed E-state index contributed by atoms with van der Waals surface area (Å²) in [5.41, 5.74) is 3.17. The van der Waals surface area contributed by atoms with E-state index in [1.807, 2.05) is 0 Å². The highest BCUT2D eigenvalue weighted by Crippen LogP contribution is 2.52. The summed E-state index contributed by atoms with van der Waals surface area (Å²) in [7, 11) is 0. The predicted octanol–water partition coefficient (Wildman–Crippen LogP) is 2.38. The molecule has 10 heavy (non-hydrogen) atoms. The Morgan fingerprint density at radius 1 is 1.30 bits per heavy atom. The van der Waals surface area contributed by atoms with Gasteiger partial charge in [0.2, 0.25) is 0 Å². The molecule has 2 bridgehead atoms. The van der Waals surface area contributed by atoms with Gasteiger partial charge < -0.3 is 4.98 Å². The van der Waals surface area contributed by atoms with E-state index in [1.165, 1.54) is 19.3 Å². The van der Waals surface area contributed by atoms with Crippen molar-refractivity contribution < 1.29 is 0 Å². The van der Waals surface area contributed by atoms with Crippen LogP contribution >= 0.6 is 0 Å². The van der Waals surface area contributed by atoms with Gasteiger partial charge in [-0.15, -0.1) is 0 Å². The minimum absolute atomic E-state index is 0.898. The molecule has 1 heteroatoms. The second-order valence-electron chi connectivity index (χ2n) is 3.55. The smallest absolute Gasteiger partial charge is 0.0214 e. The van der Waals surface area contributed by atoms with Gasteiger partial charge in [0.1, 0.15) is 0 Å². The molecule has 1 aromatic rings. The fourth-order valence-electron chi connectivity index (χ4n) is 2.63. The summed E-state index contributed by atoms with van der Waals surface area (Å²) in [6.45, 7) is 0. The third-order valence-electron chi connectivity index (χ3n) is 3.09. The molecule has 1 N–H and O–H groups in total. The molecule has 0 radical (unpaired) electrons. The van der Waals surface area contributed by atoms with Crippen molar-refractivity contribution in [1.29, 1.82) is 0 Å².